The largest absolute Gasteiger partial charge is 0.465 e. The summed E-state index contributed by atoms with van der Waals surface area (Å²) in [6, 6.07) is -1.04. The van der Waals surface area contributed by atoms with E-state index >= 15 is 0 Å². The molecule has 0 radical (unpaired) electrons. The molecule has 9 nitrogen and oxygen atoms in total. The second-order valence-corrected chi connectivity index (χ2v) is 6.08. The molecule has 2 atom stereocenters. The molecule has 0 aliphatic heterocycles. The lowest BCUT2D eigenvalue weighted by molar-refractivity contribution is -0.142. The van der Waals surface area contributed by atoms with Crippen LogP contribution in [0.15, 0.2) is 0 Å². The van der Waals surface area contributed by atoms with E-state index in [9.17, 15) is 19.2 Å². The van der Waals surface area contributed by atoms with Crippen LogP contribution in [0.4, 0.5) is 4.79 Å². The molecule has 0 heterocycles. The summed E-state index contributed by atoms with van der Waals surface area (Å²) in [4.78, 5) is 45.8. The van der Waals surface area contributed by atoms with Gasteiger partial charge in [-0.2, -0.15) is 0 Å². The maximum atomic E-state index is 12.2. The predicted molar refractivity (Wildman–Crippen MR) is 83.4 cm³/mol. The molecule has 23 heavy (non-hydrogen) atoms. The van der Waals surface area contributed by atoms with Crippen LogP contribution in [0, 0.1) is 5.92 Å². The minimum absolute atomic E-state index is 0.0410. The summed E-state index contributed by atoms with van der Waals surface area (Å²) < 4.78 is 0. The third kappa shape index (κ3) is 8.87. The lowest BCUT2D eigenvalue weighted by Gasteiger charge is -2.27. The van der Waals surface area contributed by atoms with E-state index in [1.165, 1.54) is 6.92 Å². The van der Waals surface area contributed by atoms with E-state index in [2.05, 4.69) is 10.7 Å². The number of nitrogens with zero attached hydrogens (tertiary/aromatic N) is 1. The van der Waals surface area contributed by atoms with Crippen LogP contribution in [0.25, 0.3) is 0 Å². The zero-order valence-corrected chi connectivity index (χ0v) is 14.1. The fourth-order valence-corrected chi connectivity index (χ4v) is 1.84. The normalized spacial score (nSPS) is 13.1. The molecule has 0 fully saturated rings. The molecule has 0 aromatic heterocycles. The number of hydrogen-bond acceptors (Lipinski definition) is 4. The highest BCUT2D eigenvalue weighted by Crippen LogP contribution is 2.07. The third-order valence-electron chi connectivity index (χ3n) is 2.75. The second-order valence-electron chi connectivity index (χ2n) is 5.43. The molecule has 0 aliphatic rings. The molecule has 4 amide bonds. The van der Waals surface area contributed by atoms with E-state index in [0.29, 0.717) is 0 Å². The Morgan fingerprint density at radius 3 is 2.17 bits per heavy atom. The molecular weight excluding hydrogens is 328 g/mol. The van der Waals surface area contributed by atoms with Crippen molar-refractivity contribution in [1.82, 2.24) is 15.8 Å². The number of rotatable bonds is 8. The Balaban J connectivity index is 5.03. The number of carboxylic acid groups (broad SMARTS) is 1. The van der Waals surface area contributed by atoms with Gasteiger partial charge in [-0.05, 0) is 19.3 Å². The number of nitrogens with two attached hydrogens (primary N) is 1. The number of hydrazine groups is 1. The number of amides is 4. The van der Waals surface area contributed by atoms with Crippen molar-refractivity contribution in [1.29, 1.82) is 0 Å². The maximum Gasteiger partial charge on any atom is 0.405 e. The fourth-order valence-electron chi connectivity index (χ4n) is 1.72. The van der Waals surface area contributed by atoms with Gasteiger partial charge in [0.2, 0.25) is 5.91 Å². The van der Waals surface area contributed by atoms with Gasteiger partial charge in [0.25, 0.3) is 11.8 Å². The lowest BCUT2D eigenvalue weighted by atomic mass is 10.0. The first-order chi connectivity index (χ1) is 10.5. The highest BCUT2D eigenvalue weighted by Gasteiger charge is 2.27. The van der Waals surface area contributed by atoms with E-state index in [1.807, 2.05) is 13.8 Å². The van der Waals surface area contributed by atoms with Crippen molar-refractivity contribution < 1.29 is 24.3 Å². The minimum Gasteiger partial charge on any atom is -0.465 e. The average Bonchev–Trinajstić information content (AvgIpc) is 2.40. The lowest BCUT2D eigenvalue weighted by Crippen LogP contribution is -2.56. The van der Waals surface area contributed by atoms with Gasteiger partial charge >= 0.3 is 6.09 Å². The maximum absolute atomic E-state index is 12.2. The molecular formula is C13H23ClN4O5. The topological polar surface area (TPSA) is 142 Å². The quantitative estimate of drug-likeness (QED) is 0.361. The van der Waals surface area contributed by atoms with Crippen molar-refractivity contribution in [2.24, 2.45) is 11.7 Å². The number of nitrogens with one attached hydrogen (secondary N) is 2. The van der Waals surface area contributed by atoms with E-state index in [0.717, 1.165) is 5.01 Å². The second kappa shape index (κ2) is 9.88. The monoisotopic (exact) mass is 350 g/mol. The predicted octanol–water partition coefficient (Wildman–Crippen LogP) is 0.0312. The number of halogens is 1. The first-order valence-corrected chi connectivity index (χ1v) is 7.51. The van der Waals surface area contributed by atoms with Crippen molar-refractivity contribution >= 4 is 35.4 Å². The minimum atomic E-state index is -1.36. The van der Waals surface area contributed by atoms with Gasteiger partial charge in [0.05, 0.1) is 6.54 Å². The molecule has 0 unspecified atom stereocenters. The first-order valence-electron chi connectivity index (χ1n) is 7.08. The highest BCUT2D eigenvalue weighted by molar-refractivity contribution is 6.30. The van der Waals surface area contributed by atoms with Gasteiger partial charge in [0.15, 0.2) is 0 Å². The number of hydrogen-bond donors (Lipinski definition) is 4. The van der Waals surface area contributed by atoms with Gasteiger partial charge in [-0.3, -0.25) is 24.8 Å². The summed E-state index contributed by atoms with van der Waals surface area (Å²) >= 11 is 5.70. The number of alkyl halides is 1. The Labute approximate surface area is 139 Å². The molecule has 0 aromatic carbocycles. The van der Waals surface area contributed by atoms with Crippen molar-refractivity contribution in [3.63, 3.8) is 0 Å². The van der Waals surface area contributed by atoms with E-state index < -0.39 is 35.2 Å². The molecule has 0 rings (SSSR count). The Hall–Kier alpha value is -2.03. The van der Waals surface area contributed by atoms with Crippen LogP contribution in [0.2, 0.25) is 0 Å². The molecule has 0 bridgehead atoms. The van der Waals surface area contributed by atoms with Gasteiger partial charge in [0.1, 0.15) is 11.4 Å². The zero-order valence-electron chi connectivity index (χ0n) is 13.3. The number of carbonyl (C=O) groups is 4. The summed E-state index contributed by atoms with van der Waals surface area (Å²) in [5.74, 6) is -1.95. The van der Waals surface area contributed by atoms with Crippen LogP contribution >= 0.6 is 11.6 Å². The molecule has 0 saturated carbocycles. The standard InChI is InChI=1S/C13H23ClN4O5/c1-7(2)6-9(16-13(22)23)11(20)17-18(5-4-10(15)19)12(21)8(3)14/h7-9,16H,4-6H2,1-3H3,(H2,15,19)(H,17,20)(H,22,23)/t8-,9-/m0/s1. The summed E-state index contributed by atoms with van der Waals surface area (Å²) in [6.07, 6.45) is -1.28. The van der Waals surface area contributed by atoms with E-state index in [4.69, 9.17) is 22.4 Å². The number of primary amides is 1. The number of carbonyl (C=O) groups excluding carboxylic acids is 3. The van der Waals surface area contributed by atoms with Crippen LogP contribution in [0.1, 0.15) is 33.6 Å². The summed E-state index contributed by atoms with van der Waals surface area (Å²) in [7, 11) is 0. The summed E-state index contributed by atoms with van der Waals surface area (Å²) in [6.45, 7) is 4.90. The molecule has 10 heteroatoms. The van der Waals surface area contributed by atoms with Gasteiger partial charge < -0.3 is 16.2 Å². The molecule has 132 valence electrons. The van der Waals surface area contributed by atoms with Crippen LogP contribution in [-0.2, 0) is 14.4 Å². The Bertz CT molecular complexity index is 456. The van der Waals surface area contributed by atoms with E-state index in [1.54, 1.807) is 0 Å². The van der Waals surface area contributed by atoms with Crippen LogP contribution in [-0.4, -0.2) is 51.9 Å². The van der Waals surface area contributed by atoms with Gasteiger partial charge in [0, 0.05) is 6.42 Å². The molecule has 0 spiro atoms. The molecule has 5 N–H and O–H groups in total. The smallest absolute Gasteiger partial charge is 0.405 e. The highest BCUT2D eigenvalue weighted by atomic mass is 35.5. The molecule has 0 saturated heterocycles. The Morgan fingerprint density at radius 1 is 1.22 bits per heavy atom. The van der Waals surface area contributed by atoms with Gasteiger partial charge in [-0.1, -0.05) is 13.8 Å². The third-order valence-corrected chi connectivity index (χ3v) is 2.94. The van der Waals surface area contributed by atoms with Crippen molar-refractivity contribution in [2.75, 3.05) is 6.54 Å². The van der Waals surface area contributed by atoms with Crippen molar-refractivity contribution in [2.45, 2.75) is 45.0 Å². The summed E-state index contributed by atoms with van der Waals surface area (Å²) in [5, 5.41) is 10.8. The van der Waals surface area contributed by atoms with Gasteiger partial charge in [-0.15, -0.1) is 11.6 Å². The molecule has 0 aliphatic carbocycles. The van der Waals surface area contributed by atoms with Crippen molar-refractivity contribution in [3.8, 4) is 0 Å². The van der Waals surface area contributed by atoms with Crippen LogP contribution in [0.3, 0.4) is 0 Å². The molecule has 0 aromatic rings. The van der Waals surface area contributed by atoms with E-state index in [-0.39, 0.29) is 25.3 Å². The van der Waals surface area contributed by atoms with Gasteiger partial charge in [-0.25, -0.2) is 4.79 Å². The van der Waals surface area contributed by atoms with Crippen molar-refractivity contribution in [3.05, 3.63) is 0 Å². The SMILES string of the molecule is CC(C)C[C@H](NC(=O)O)C(=O)NN(CCC(N)=O)C(=O)[C@H](C)Cl. The fraction of sp³-hybridized carbons (Fsp3) is 0.692. The summed E-state index contributed by atoms with van der Waals surface area (Å²) in [5.41, 5.74) is 7.32. The Kier molecular flexibility index (Phi) is 9.01. The average molecular weight is 351 g/mol. The Morgan fingerprint density at radius 2 is 1.78 bits per heavy atom. The zero-order chi connectivity index (χ0) is 18.2. The van der Waals surface area contributed by atoms with Crippen LogP contribution in [0.5, 0.6) is 0 Å². The van der Waals surface area contributed by atoms with Crippen LogP contribution < -0.4 is 16.5 Å². The first kappa shape index (κ1) is 21.0.